The molecule has 13 heteroatoms. The van der Waals surface area contributed by atoms with E-state index >= 15 is 0 Å². The Bertz CT molecular complexity index is 2130. The standard InChI is InChI=1S/C42H46N8O5/c1-30(51)50-39-19-16-35(45-40(52)33-12-10-32(11-13-33)31-8-6-5-7-9-31)26-38(39)42(4,29-41(50,2)3)34-14-17-37(18-15-34)55-28-36-27-49(48-46-36)21-23-54-25-24-53-22-20-44-47-43/h5-19,26-27H,20-25,28-29H2,1-4H3,(H,45,52)/t42-/m1/s1. The molecular weight excluding hydrogens is 697 g/mol. The molecule has 1 aliphatic rings. The molecule has 1 N–H and O–H groups in total. The summed E-state index contributed by atoms with van der Waals surface area (Å²) in [4.78, 5) is 31.1. The number of amides is 2. The van der Waals surface area contributed by atoms with Crippen molar-refractivity contribution < 1.29 is 23.8 Å². The Kier molecular flexibility index (Phi) is 12.3. The van der Waals surface area contributed by atoms with Crippen molar-refractivity contribution in [2.45, 2.75) is 58.2 Å². The Hall–Kier alpha value is -6.01. The van der Waals surface area contributed by atoms with Gasteiger partial charge in [0.05, 0.1) is 39.2 Å². The van der Waals surface area contributed by atoms with Crippen molar-refractivity contribution in [1.29, 1.82) is 0 Å². The van der Waals surface area contributed by atoms with Gasteiger partial charge in [0.1, 0.15) is 18.1 Å². The highest BCUT2D eigenvalue weighted by molar-refractivity contribution is 6.05. The van der Waals surface area contributed by atoms with E-state index in [0.717, 1.165) is 27.9 Å². The second kappa shape index (κ2) is 17.4. The Balaban J connectivity index is 1.12. The second-order valence-electron chi connectivity index (χ2n) is 14.3. The first-order valence-electron chi connectivity index (χ1n) is 18.3. The number of carbonyl (C=O) groups excluding carboxylic acids is 2. The number of nitrogens with one attached hydrogen (secondary N) is 1. The van der Waals surface area contributed by atoms with Crippen molar-refractivity contribution in [3.8, 4) is 16.9 Å². The molecule has 6 rings (SSSR count). The van der Waals surface area contributed by atoms with Gasteiger partial charge in [-0.15, -0.1) is 5.10 Å². The maximum atomic E-state index is 13.4. The number of azide groups is 1. The molecule has 284 valence electrons. The quantitative estimate of drug-likeness (QED) is 0.0465. The second-order valence-corrected chi connectivity index (χ2v) is 14.3. The average Bonchev–Trinajstić information content (AvgIpc) is 3.64. The summed E-state index contributed by atoms with van der Waals surface area (Å²) in [5.41, 5.74) is 14.1. The summed E-state index contributed by atoms with van der Waals surface area (Å²) in [6.07, 6.45) is 2.48. The molecule has 55 heavy (non-hydrogen) atoms. The lowest BCUT2D eigenvalue weighted by Gasteiger charge is -2.51. The van der Waals surface area contributed by atoms with E-state index in [9.17, 15) is 9.59 Å². The van der Waals surface area contributed by atoms with Crippen LogP contribution in [0, 0.1) is 0 Å². The Labute approximate surface area is 320 Å². The van der Waals surface area contributed by atoms with Gasteiger partial charge in [0.15, 0.2) is 0 Å². The third kappa shape index (κ3) is 9.39. The third-order valence-electron chi connectivity index (χ3n) is 9.75. The smallest absolute Gasteiger partial charge is 0.255 e. The lowest BCUT2D eigenvalue weighted by Crippen LogP contribution is -2.55. The van der Waals surface area contributed by atoms with Gasteiger partial charge in [-0.3, -0.25) is 9.59 Å². The molecule has 4 aromatic carbocycles. The molecule has 0 spiro atoms. The summed E-state index contributed by atoms with van der Waals surface area (Å²) in [6.45, 7) is 10.7. The van der Waals surface area contributed by atoms with Crippen LogP contribution in [0.5, 0.6) is 5.75 Å². The van der Waals surface area contributed by atoms with Crippen LogP contribution in [0.25, 0.3) is 21.6 Å². The van der Waals surface area contributed by atoms with Crippen LogP contribution in [0.1, 0.15) is 61.3 Å². The number of hydrogen-bond acceptors (Lipinski definition) is 8. The summed E-state index contributed by atoms with van der Waals surface area (Å²) < 4.78 is 18.7. The Morgan fingerprint density at radius 2 is 1.60 bits per heavy atom. The predicted octanol–water partition coefficient (Wildman–Crippen LogP) is 7.96. The largest absolute Gasteiger partial charge is 0.487 e. The van der Waals surface area contributed by atoms with Gasteiger partial charge in [-0.1, -0.05) is 71.8 Å². The van der Waals surface area contributed by atoms with Crippen LogP contribution in [-0.2, 0) is 32.8 Å². The molecule has 0 saturated heterocycles. The average molecular weight is 743 g/mol. The van der Waals surface area contributed by atoms with Gasteiger partial charge in [0.2, 0.25) is 5.91 Å². The van der Waals surface area contributed by atoms with Crippen molar-refractivity contribution in [1.82, 2.24) is 15.0 Å². The molecule has 0 saturated carbocycles. The zero-order valence-corrected chi connectivity index (χ0v) is 31.6. The van der Waals surface area contributed by atoms with E-state index in [1.165, 1.54) is 0 Å². The lowest BCUT2D eigenvalue weighted by atomic mass is 9.65. The molecule has 5 aromatic rings. The summed E-state index contributed by atoms with van der Waals surface area (Å²) in [5, 5.41) is 14.9. The van der Waals surface area contributed by atoms with Crippen molar-refractivity contribution in [2.75, 3.05) is 43.2 Å². The SMILES string of the molecule is CC(=O)N1c2ccc(NC(=O)c3ccc(-c4ccccc4)cc3)cc2[C@@](C)(c2ccc(OCc3cn(CCOCCOCCN=[N+]=[N-])nn3)cc2)CC1(C)C. The van der Waals surface area contributed by atoms with Gasteiger partial charge >= 0.3 is 0 Å². The molecule has 2 amide bonds. The van der Waals surface area contributed by atoms with Crippen LogP contribution in [0.4, 0.5) is 11.4 Å². The molecule has 1 aromatic heterocycles. The van der Waals surface area contributed by atoms with Crippen molar-refractivity contribution >= 4 is 23.2 Å². The molecule has 0 unspecified atom stereocenters. The fraction of sp³-hybridized carbons (Fsp3) is 0.333. The van der Waals surface area contributed by atoms with E-state index in [0.29, 0.717) is 68.6 Å². The number of fused-ring (bicyclic) bond motifs is 1. The van der Waals surface area contributed by atoms with Crippen molar-refractivity contribution in [3.63, 3.8) is 0 Å². The monoisotopic (exact) mass is 742 g/mol. The molecular formula is C42H46N8O5. The highest BCUT2D eigenvalue weighted by Gasteiger charge is 2.47. The molecule has 2 heterocycles. The van der Waals surface area contributed by atoms with Crippen LogP contribution in [0.3, 0.4) is 0 Å². The topological polar surface area (TPSA) is 157 Å². The van der Waals surface area contributed by atoms with Crippen LogP contribution >= 0.6 is 0 Å². The maximum absolute atomic E-state index is 13.4. The van der Waals surface area contributed by atoms with E-state index in [4.69, 9.17) is 19.7 Å². The molecule has 0 radical (unpaired) electrons. The van der Waals surface area contributed by atoms with E-state index in [-0.39, 0.29) is 18.4 Å². The zero-order valence-electron chi connectivity index (χ0n) is 31.6. The van der Waals surface area contributed by atoms with Gasteiger partial charge in [0.25, 0.3) is 5.91 Å². The Morgan fingerprint density at radius 1 is 0.891 bits per heavy atom. The number of aromatic nitrogens is 3. The number of carbonyl (C=O) groups is 2. The molecule has 0 bridgehead atoms. The first kappa shape index (κ1) is 38.7. The van der Waals surface area contributed by atoms with Gasteiger partial charge in [0, 0.05) is 46.3 Å². The predicted molar refractivity (Wildman–Crippen MR) is 211 cm³/mol. The lowest BCUT2D eigenvalue weighted by molar-refractivity contribution is -0.117. The number of rotatable bonds is 16. The molecule has 0 fully saturated rings. The minimum Gasteiger partial charge on any atom is -0.487 e. The third-order valence-corrected chi connectivity index (χ3v) is 9.75. The number of benzene rings is 4. The number of nitrogens with zero attached hydrogens (tertiary/aromatic N) is 7. The molecule has 1 aliphatic heterocycles. The highest BCUT2D eigenvalue weighted by atomic mass is 16.5. The summed E-state index contributed by atoms with van der Waals surface area (Å²) in [7, 11) is 0. The first-order valence-corrected chi connectivity index (χ1v) is 18.3. The minimum absolute atomic E-state index is 0.0400. The van der Waals surface area contributed by atoms with E-state index in [1.807, 2.05) is 96.0 Å². The number of ether oxygens (including phenoxy) is 3. The summed E-state index contributed by atoms with van der Waals surface area (Å²) in [6, 6.07) is 31.4. The summed E-state index contributed by atoms with van der Waals surface area (Å²) in [5.74, 6) is 0.435. The number of anilines is 2. The van der Waals surface area contributed by atoms with Crippen molar-refractivity contribution in [3.05, 3.63) is 136 Å². The Morgan fingerprint density at radius 3 is 2.31 bits per heavy atom. The van der Waals surface area contributed by atoms with Crippen molar-refractivity contribution in [2.24, 2.45) is 5.11 Å². The highest BCUT2D eigenvalue weighted by Crippen LogP contribution is 2.51. The van der Waals surface area contributed by atoms with Gasteiger partial charge in [-0.2, -0.15) is 0 Å². The first-order chi connectivity index (χ1) is 26.6. The van der Waals surface area contributed by atoms with Crippen LogP contribution < -0.4 is 15.0 Å². The normalized spacial score (nSPS) is 15.8. The fourth-order valence-electron chi connectivity index (χ4n) is 7.34. The minimum atomic E-state index is -0.496. The van der Waals surface area contributed by atoms with Crippen LogP contribution in [0.2, 0.25) is 0 Å². The fourth-order valence-corrected chi connectivity index (χ4v) is 7.34. The van der Waals surface area contributed by atoms with Gasteiger partial charge in [-0.25, -0.2) is 4.68 Å². The van der Waals surface area contributed by atoms with E-state index in [1.54, 1.807) is 11.6 Å². The van der Waals surface area contributed by atoms with E-state index < -0.39 is 11.0 Å². The zero-order chi connectivity index (χ0) is 38.8. The van der Waals surface area contributed by atoms with Gasteiger partial charge in [-0.05, 0) is 90.5 Å². The van der Waals surface area contributed by atoms with E-state index in [2.05, 4.69) is 58.6 Å². The van der Waals surface area contributed by atoms with Crippen LogP contribution in [0.15, 0.2) is 108 Å². The number of hydrogen-bond donors (Lipinski definition) is 1. The molecule has 1 atom stereocenters. The van der Waals surface area contributed by atoms with Gasteiger partial charge < -0.3 is 24.4 Å². The molecule has 13 nitrogen and oxygen atoms in total. The summed E-state index contributed by atoms with van der Waals surface area (Å²) >= 11 is 0. The van der Waals surface area contributed by atoms with Crippen LogP contribution in [-0.4, -0.2) is 65.3 Å². The molecule has 0 aliphatic carbocycles. The maximum Gasteiger partial charge on any atom is 0.255 e.